The average molecular weight is 1030 g/mol. The Morgan fingerprint density at radius 2 is 1.12 bits per heavy atom. The van der Waals surface area contributed by atoms with Crippen LogP contribution in [0.2, 0.25) is 0 Å². The summed E-state index contributed by atoms with van der Waals surface area (Å²) in [5, 5.41) is 1.36. The zero-order valence-corrected chi connectivity index (χ0v) is 49.7. The van der Waals surface area contributed by atoms with Crippen molar-refractivity contribution in [1.82, 2.24) is 0 Å². The van der Waals surface area contributed by atoms with E-state index in [4.69, 9.17) is 0 Å². The van der Waals surface area contributed by atoms with Crippen molar-refractivity contribution in [3.63, 3.8) is 0 Å². The lowest BCUT2D eigenvalue weighted by atomic mass is 9.36. The molecule has 0 N–H and O–H groups in total. The van der Waals surface area contributed by atoms with Gasteiger partial charge in [0.2, 0.25) is 0 Å². The Bertz CT molecular complexity index is 3710. The molecule has 7 aromatic carbocycles. The monoisotopic (exact) mass is 1030 g/mol. The fourth-order valence-electron chi connectivity index (χ4n) is 14.1. The van der Waals surface area contributed by atoms with Gasteiger partial charge >= 0.3 is 0 Å². The summed E-state index contributed by atoms with van der Waals surface area (Å²) in [5.74, 6) is 0. The summed E-state index contributed by atoms with van der Waals surface area (Å²) < 4.78 is 2.79. The Hall–Kier alpha value is -5.69. The zero-order valence-electron chi connectivity index (χ0n) is 48.1. The van der Waals surface area contributed by atoms with E-state index in [2.05, 4.69) is 247 Å². The Morgan fingerprint density at radius 1 is 0.526 bits per heavy atom. The second-order valence-electron chi connectivity index (χ2n) is 28.7. The molecule has 0 saturated carbocycles. The van der Waals surface area contributed by atoms with Gasteiger partial charge in [0, 0.05) is 77.2 Å². The number of nitrogens with zero attached hydrogens (tertiary/aromatic N) is 3. The number of hydrogen-bond donors (Lipinski definition) is 0. The first-order valence-electron chi connectivity index (χ1n) is 28.1. The molecule has 0 amide bonds. The molecule has 0 spiro atoms. The van der Waals surface area contributed by atoms with Crippen LogP contribution in [-0.4, -0.2) is 19.8 Å². The largest absolute Gasteiger partial charge is 0.370 e. The normalized spacial score (nSPS) is 17.7. The zero-order chi connectivity index (χ0) is 53.6. The van der Waals surface area contributed by atoms with Crippen molar-refractivity contribution in [1.29, 1.82) is 0 Å². The van der Waals surface area contributed by atoms with Gasteiger partial charge < -0.3 is 14.7 Å². The van der Waals surface area contributed by atoms with Crippen LogP contribution in [0.4, 0.5) is 39.8 Å². The van der Waals surface area contributed by atoms with Crippen molar-refractivity contribution in [3.05, 3.63) is 166 Å². The second-order valence-corrected chi connectivity index (χ2v) is 30.9. The van der Waals surface area contributed by atoms with Crippen LogP contribution < -0.4 is 30.4 Å². The SMILES string of the molecule is Cc1cc2c3c(c1)N(c1cc4c5c(c1)CC(C)(C)CN5CC(C)(C)C4)c1c(sc4ccc(C(C)(C)C)cc14)B3c1cc3c(cc1N2c1ccc(C(C)(C)C)cc1-c1ccc(C(C)(C)C)cc1)Sc1ccccc1C3(C)C. The maximum atomic E-state index is 2.76. The number of rotatable bonds is 3. The third-order valence-electron chi connectivity index (χ3n) is 17.8. The van der Waals surface area contributed by atoms with E-state index in [0.717, 1.165) is 25.9 Å². The molecule has 0 bridgehead atoms. The molecule has 5 aliphatic heterocycles. The van der Waals surface area contributed by atoms with Gasteiger partial charge in [-0.15, -0.1) is 11.3 Å². The first-order chi connectivity index (χ1) is 35.6. The van der Waals surface area contributed by atoms with Crippen LogP contribution in [0.5, 0.6) is 0 Å². The van der Waals surface area contributed by atoms with Gasteiger partial charge in [0.05, 0.1) is 11.4 Å². The maximum absolute atomic E-state index is 2.76. The average Bonchev–Trinajstić information content (AvgIpc) is 3.82. The molecule has 0 saturated heterocycles. The second kappa shape index (κ2) is 16.4. The molecule has 0 unspecified atom stereocenters. The predicted octanol–water partition coefficient (Wildman–Crippen LogP) is 17.6. The predicted molar refractivity (Wildman–Crippen MR) is 332 cm³/mol. The molecule has 0 atom stereocenters. The standard InChI is InChI=1S/C70H76BN3S2/c1-41-29-56-61-57(30-41)74(54-27-25-46(66(5,6)7)33-49(54)42-21-23-45(24-22-42)65(2,3)4)55-36-60-52(70(15,16)51-19-17-18-20-59(51)75-60)35-53(55)71(61)64-63(50-34-47(67(8,9)10)26-28-58(50)76-64)73(56)48-31-43-37-68(11,12)39-72-40-69(13,14)38-44(32-48)62(43)72/h17-36H,37-40H2,1-16H3. The molecular formula is C70H76BN3S2. The Labute approximate surface area is 463 Å². The van der Waals surface area contributed by atoms with Gasteiger partial charge in [-0.1, -0.05) is 176 Å². The van der Waals surface area contributed by atoms with Crippen LogP contribution in [0, 0.1) is 17.8 Å². The van der Waals surface area contributed by atoms with E-state index >= 15 is 0 Å². The molecule has 0 radical (unpaired) electrons. The van der Waals surface area contributed by atoms with Crippen molar-refractivity contribution >= 4 is 95.4 Å². The quantitative estimate of drug-likeness (QED) is 0.163. The molecule has 6 heterocycles. The minimum Gasteiger partial charge on any atom is -0.370 e. The first kappa shape index (κ1) is 49.9. The highest BCUT2D eigenvalue weighted by Gasteiger charge is 2.48. The van der Waals surface area contributed by atoms with Crippen LogP contribution >= 0.6 is 23.1 Å². The molecule has 3 nitrogen and oxygen atoms in total. The Balaban J connectivity index is 1.15. The minimum absolute atomic E-state index is 0.00886. The van der Waals surface area contributed by atoms with Gasteiger partial charge in [0.1, 0.15) is 0 Å². The van der Waals surface area contributed by atoms with Gasteiger partial charge in [-0.05, 0) is 169 Å². The van der Waals surface area contributed by atoms with Crippen LogP contribution in [0.15, 0.2) is 131 Å². The number of anilines is 7. The number of thiophene rings is 1. The smallest absolute Gasteiger partial charge is 0.264 e. The summed E-state index contributed by atoms with van der Waals surface area (Å²) >= 11 is 3.98. The molecular weight excluding hydrogens is 958 g/mol. The van der Waals surface area contributed by atoms with Crippen molar-refractivity contribution < 1.29 is 0 Å². The molecule has 8 aromatic rings. The molecule has 6 heteroatoms. The maximum Gasteiger partial charge on any atom is 0.264 e. The van der Waals surface area contributed by atoms with Gasteiger partial charge in [-0.2, -0.15) is 0 Å². The number of fused-ring (bicyclic) bond motifs is 8. The number of benzene rings is 7. The minimum atomic E-state index is -0.201. The van der Waals surface area contributed by atoms with Gasteiger partial charge in [0.25, 0.3) is 6.71 Å². The first-order valence-corrected chi connectivity index (χ1v) is 29.7. The lowest BCUT2D eigenvalue weighted by Gasteiger charge is -2.49. The fraction of sp³-hybridized carbons (Fsp3) is 0.371. The van der Waals surface area contributed by atoms with Crippen LogP contribution in [0.1, 0.15) is 148 Å². The van der Waals surface area contributed by atoms with Crippen molar-refractivity contribution in [2.24, 2.45) is 10.8 Å². The van der Waals surface area contributed by atoms with Crippen molar-refractivity contribution in [2.75, 3.05) is 27.8 Å². The summed E-state index contributed by atoms with van der Waals surface area (Å²) in [6, 6.07) is 49.0. The van der Waals surface area contributed by atoms with Gasteiger partial charge in [-0.3, -0.25) is 0 Å². The van der Waals surface area contributed by atoms with E-state index in [-0.39, 0.29) is 39.2 Å². The lowest BCUT2D eigenvalue weighted by molar-refractivity contribution is 0.289. The highest BCUT2D eigenvalue weighted by Crippen LogP contribution is 2.56. The van der Waals surface area contributed by atoms with E-state index < -0.39 is 0 Å². The van der Waals surface area contributed by atoms with Crippen molar-refractivity contribution in [3.8, 4) is 11.1 Å². The summed E-state index contributed by atoms with van der Waals surface area (Å²) in [4.78, 5) is 10.9. The van der Waals surface area contributed by atoms with Gasteiger partial charge in [-0.25, -0.2) is 0 Å². The van der Waals surface area contributed by atoms with E-state index in [9.17, 15) is 0 Å². The molecule has 0 aliphatic carbocycles. The van der Waals surface area contributed by atoms with Crippen LogP contribution in [-0.2, 0) is 34.5 Å². The Kier molecular flexibility index (Phi) is 10.8. The third-order valence-corrected chi connectivity index (χ3v) is 20.2. The highest BCUT2D eigenvalue weighted by molar-refractivity contribution is 7.99. The third kappa shape index (κ3) is 7.79. The number of aryl methyl sites for hydroxylation is 1. The van der Waals surface area contributed by atoms with E-state index in [1.807, 2.05) is 23.1 Å². The Morgan fingerprint density at radius 3 is 1.76 bits per heavy atom. The summed E-state index contributed by atoms with van der Waals surface area (Å²) in [5.41, 5.74) is 25.8. The van der Waals surface area contributed by atoms with E-state index in [0.29, 0.717) is 0 Å². The lowest BCUT2D eigenvalue weighted by Crippen LogP contribution is -2.60. The van der Waals surface area contributed by atoms with Crippen LogP contribution in [0.25, 0.3) is 21.2 Å². The van der Waals surface area contributed by atoms with E-state index in [1.54, 1.807) is 0 Å². The molecule has 386 valence electrons. The summed E-state index contributed by atoms with van der Waals surface area (Å²) in [6.45, 7) is 40.5. The van der Waals surface area contributed by atoms with E-state index in [1.165, 1.54) is 131 Å². The number of hydrogen-bond acceptors (Lipinski definition) is 5. The van der Waals surface area contributed by atoms with Crippen LogP contribution in [0.3, 0.4) is 0 Å². The molecule has 5 aliphatic rings. The fourth-order valence-corrected chi connectivity index (χ4v) is 16.8. The molecule has 13 rings (SSSR count). The summed E-state index contributed by atoms with van der Waals surface area (Å²) in [7, 11) is 0. The topological polar surface area (TPSA) is 9.72 Å². The highest BCUT2D eigenvalue weighted by atomic mass is 32.2. The molecule has 1 aromatic heterocycles. The molecule has 0 fully saturated rings. The molecule has 76 heavy (non-hydrogen) atoms. The summed E-state index contributed by atoms with van der Waals surface area (Å²) in [6.07, 6.45) is 2.14. The van der Waals surface area contributed by atoms with Gasteiger partial charge in [0.15, 0.2) is 0 Å². The van der Waals surface area contributed by atoms with Crippen molar-refractivity contribution in [2.45, 2.75) is 155 Å².